The van der Waals surface area contributed by atoms with Crippen LogP contribution in [-0.2, 0) is 11.2 Å². The summed E-state index contributed by atoms with van der Waals surface area (Å²) in [4.78, 5) is 17.9. The van der Waals surface area contributed by atoms with E-state index in [1.54, 1.807) is 38.3 Å². The molecule has 0 saturated carbocycles. The third-order valence-corrected chi connectivity index (χ3v) is 2.95. The molecule has 112 valence electrons. The van der Waals surface area contributed by atoms with Crippen molar-refractivity contribution in [2.45, 2.75) is 39.2 Å². The molecule has 0 aliphatic rings. The summed E-state index contributed by atoms with van der Waals surface area (Å²) in [6.07, 6.45) is 4.39. The van der Waals surface area contributed by atoms with Crippen LogP contribution in [0.2, 0.25) is 0 Å². The Hall–Kier alpha value is -1.62. The van der Waals surface area contributed by atoms with Crippen molar-refractivity contribution in [3.05, 3.63) is 24.0 Å². The maximum atomic E-state index is 12.1. The van der Waals surface area contributed by atoms with Gasteiger partial charge in [0.2, 0.25) is 5.91 Å². The second-order valence-corrected chi connectivity index (χ2v) is 5.45. The molecule has 1 amide bonds. The van der Waals surface area contributed by atoms with Gasteiger partial charge < -0.3 is 14.7 Å². The first kappa shape index (κ1) is 16.4. The van der Waals surface area contributed by atoms with E-state index >= 15 is 0 Å². The molecule has 0 unspecified atom stereocenters. The maximum absolute atomic E-state index is 12.1. The number of aryl methyl sites for hydroxylation is 1. The fourth-order valence-electron chi connectivity index (χ4n) is 1.96. The summed E-state index contributed by atoms with van der Waals surface area (Å²) in [7, 11) is 1.59. The quantitative estimate of drug-likeness (QED) is 0.825. The number of hydrogen-bond acceptors (Lipinski definition) is 4. The van der Waals surface area contributed by atoms with Gasteiger partial charge in [0.15, 0.2) is 0 Å². The Morgan fingerprint density at radius 3 is 2.70 bits per heavy atom. The molecule has 20 heavy (non-hydrogen) atoms. The molecule has 0 spiro atoms. The fraction of sp³-hybridized carbons (Fsp3) is 0.600. The largest absolute Gasteiger partial charge is 0.495 e. The van der Waals surface area contributed by atoms with E-state index in [4.69, 9.17) is 4.74 Å². The van der Waals surface area contributed by atoms with E-state index in [2.05, 4.69) is 4.98 Å². The van der Waals surface area contributed by atoms with E-state index in [0.717, 1.165) is 5.56 Å². The van der Waals surface area contributed by atoms with E-state index in [1.807, 2.05) is 13.0 Å². The van der Waals surface area contributed by atoms with Gasteiger partial charge in [-0.05, 0) is 38.8 Å². The highest BCUT2D eigenvalue weighted by Crippen LogP contribution is 2.13. The Balaban J connectivity index is 2.56. The highest BCUT2D eigenvalue weighted by molar-refractivity contribution is 5.76. The van der Waals surface area contributed by atoms with Crippen molar-refractivity contribution >= 4 is 5.91 Å². The van der Waals surface area contributed by atoms with Gasteiger partial charge in [0.1, 0.15) is 5.75 Å². The SMILES string of the molecule is CCN(CC(C)(C)O)C(=O)CCc1cncc(OC)c1. The van der Waals surface area contributed by atoms with Crippen LogP contribution in [0.25, 0.3) is 0 Å². The average Bonchev–Trinajstić information content (AvgIpc) is 2.41. The summed E-state index contributed by atoms with van der Waals surface area (Å²) in [5.41, 5.74) is 0.0976. The molecule has 0 radical (unpaired) electrons. The molecule has 0 aliphatic carbocycles. The highest BCUT2D eigenvalue weighted by atomic mass is 16.5. The van der Waals surface area contributed by atoms with E-state index in [-0.39, 0.29) is 5.91 Å². The van der Waals surface area contributed by atoms with Crippen molar-refractivity contribution in [1.29, 1.82) is 0 Å². The maximum Gasteiger partial charge on any atom is 0.222 e. The molecule has 5 heteroatoms. The van der Waals surface area contributed by atoms with Crippen molar-refractivity contribution in [3.8, 4) is 5.75 Å². The van der Waals surface area contributed by atoms with Crippen molar-refractivity contribution in [2.24, 2.45) is 0 Å². The number of likely N-dealkylation sites (N-methyl/N-ethyl adjacent to an activating group) is 1. The number of hydrogen-bond donors (Lipinski definition) is 1. The number of carbonyl (C=O) groups is 1. The number of aromatic nitrogens is 1. The van der Waals surface area contributed by atoms with Crippen LogP contribution in [0.4, 0.5) is 0 Å². The predicted molar refractivity (Wildman–Crippen MR) is 77.7 cm³/mol. The standard InChI is InChI=1S/C15H24N2O3/c1-5-17(11-15(2,3)19)14(18)7-6-12-8-13(20-4)10-16-9-12/h8-10,19H,5-7,11H2,1-4H3. The predicted octanol–water partition coefficient (Wildman–Crippen LogP) is 1.64. The Morgan fingerprint density at radius 1 is 1.45 bits per heavy atom. The van der Waals surface area contributed by atoms with Crippen molar-refractivity contribution in [3.63, 3.8) is 0 Å². The molecular weight excluding hydrogens is 256 g/mol. The minimum atomic E-state index is -0.872. The summed E-state index contributed by atoms with van der Waals surface area (Å²) in [6, 6.07) is 1.88. The first-order valence-corrected chi connectivity index (χ1v) is 6.84. The van der Waals surface area contributed by atoms with Crippen LogP contribution >= 0.6 is 0 Å². The first-order chi connectivity index (χ1) is 9.35. The van der Waals surface area contributed by atoms with Gasteiger partial charge >= 0.3 is 0 Å². The lowest BCUT2D eigenvalue weighted by molar-refractivity contribution is -0.133. The molecule has 1 aromatic heterocycles. The van der Waals surface area contributed by atoms with Crippen molar-refractivity contribution in [1.82, 2.24) is 9.88 Å². The van der Waals surface area contributed by atoms with Crippen LogP contribution < -0.4 is 4.74 Å². The smallest absolute Gasteiger partial charge is 0.222 e. The van der Waals surface area contributed by atoms with Crippen LogP contribution in [0.3, 0.4) is 0 Å². The fourth-order valence-corrected chi connectivity index (χ4v) is 1.96. The lowest BCUT2D eigenvalue weighted by Crippen LogP contribution is -2.42. The summed E-state index contributed by atoms with van der Waals surface area (Å²) >= 11 is 0. The number of rotatable bonds is 7. The molecule has 1 heterocycles. The number of ether oxygens (including phenoxy) is 1. The van der Waals surface area contributed by atoms with Crippen molar-refractivity contribution < 1.29 is 14.6 Å². The molecule has 0 atom stereocenters. The second kappa shape index (κ2) is 7.24. The lowest BCUT2D eigenvalue weighted by atomic mass is 10.1. The lowest BCUT2D eigenvalue weighted by Gasteiger charge is -2.28. The second-order valence-electron chi connectivity index (χ2n) is 5.45. The van der Waals surface area contributed by atoms with E-state index < -0.39 is 5.60 Å². The molecule has 5 nitrogen and oxygen atoms in total. The van der Waals surface area contributed by atoms with Gasteiger partial charge in [-0.3, -0.25) is 9.78 Å². The molecule has 1 aromatic rings. The summed E-state index contributed by atoms with van der Waals surface area (Å²) in [5.74, 6) is 0.733. The van der Waals surface area contributed by atoms with Crippen LogP contribution in [0.15, 0.2) is 18.5 Å². The molecule has 0 fully saturated rings. The third-order valence-electron chi connectivity index (χ3n) is 2.95. The van der Waals surface area contributed by atoms with E-state index in [1.165, 1.54) is 0 Å². The highest BCUT2D eigenvalue weighted by Gasteiger charge is 2.20. The van der Waals surface area contributed by atoms with Gasteiger partial charge in [-0.2, -0.15) is 0 Å². The number of carbonyl (C=O) groups excluding carboxylic acids is 1. The van der Waals surface area contributed by atoms with Gasteiger partial charge in [0, 0.05) is 25.7 Å². The third kappa shape index (κ3) is 5.57. The topological polar surface area (TPSA) is 62.7 Å². The summed E-state index contributed by atoms with van der Waals surface area (Å²) < 4.78 is 5.11. The number of pyridine rings is 1. The van der Waals surface area contributed by atoms with E-state index in [0.29, 0.717) is 31.7 Å². The normalized spacial score (nSPS) is 11.2. The Kier molecular flexibility index (Phi) is 5.95. The Labute approximate surface area is 120 Å². The van der Waals surface area contributed by atoms with Gasteiger partial charge in [-0.25, -0.2) is 0 Å². The summed E-state index contributed by atoms with van der Waals surface area (Å²) in [6.45, 7) is 6.26. The molecule has 0 aliphatic heterocycles. The zero-order chi connectivity index (χ0) is 15.2. The van der Waals surface area contributed by atoms with E-state index in [9.17, 15) is 9.90 Å². The minimum Gasteiger partial charge on any atom is -0.495 e. The molecule has 1 rings (SSSR count). The Morgan fingerprint density at radius 2 is 2.15 bits per heavy atom. The number of nitrogens with zero attached hydrogens (tertiary/aromatic N) is 2. The average molecular weight is 280 g/mol. The first-order valence-electron chi connectivity index (χ1n) is 6.84. The van der Waals surface area contributed by atoms with Crippen molar-refractivity contribution in [2.75, 3.05) is 20.2 Å². The summed E-state index contributed by atoms with van der Waals surface area (Å²) in [5, 5.41) is 9.80. The zero-order valence-electron chi connectivity index (χ0n) is 12.7. The molecule has 0 bridgehead atoms. The van der Waals surface area contributed by atoms with Crippen LogP contribution in [-0.4, -0.2) is 46.7 Å². The van der Waals surface area contributed by atoms with Gasteiger partial charge in [-0.15, -0.1) is 0 Å². The Bertz CT molecular complexity index is 441. The molecular formula is C15H24N2O3. The van der Waals surface area contributed by atoms with Crippen LogP contribution in [0.5, 0.6) is 5.75 Å². The number of aliphatic hydroxyl groups is 1. The van der Waals surface area contributed by atoms with Gasteiger partial charge in [0.05, 0.1) is 18.9 Å². The number of amides is 1. The van der Waals surface area contributed by atoms with Crippen LogP contribution in [0.1, 0.15) is 32.8 Å². The molecule has 1 N–H and O–H groups in total. The number of methoxy groups -OCH3 is 1. The molecule has 0 aromatic carbocycles. The van der Waals surface area contributed by atoms with Gasteiger partial charge in [0.25, 0.3) is 0 Å². The van der Waals surface area contributed by atoms with Crippen LogP contribution in [0, 0.1) is 0 Å². The monoisotopic (exact) mass is 280 g/mol. The minimum absolute atomic E-state index is 0.0393. The molecule has 0 saturated heterocycles. The van der Waals surface area contributed by atoms with Gasteiger partial charge in [-0.1, -0.05) is 0 Å². The zero-order valence-corrected chi connectivity index (χ0v) is 12.7.